The van der Waals surface area contributed by atoms with Crippen molar-refractivity contribution in [2.45, 2.75) is 86.0 Å². The normalized spacial score (nSPS) is 11.5. The minimum atomic E-state index is -3.73. The molecule has 0 bridgehead atoms. The van der Waals surface area contributed by atoms with Crippen LogP contribution >= 0.6 is 7.60 Å². The largest absolute Gasteiger partial charge is 0.463 e. The predicted molar refractivity (Wildman–Crippen MR) is 149 cm³/mol. The molecule has 3 rings (SSSR count). The van der Waals surface area contributed by atoms with Gasteiger partial charge in [0.1, 0.15) is 11.5 Å². The van der Waals surface area contributed by atoms with Gasteiger partial charge in [-0.3, -0.25) is 0 Å². The Kier molecular flexibility index (Phi) is 10.0. The van der Waals surface area contributed by atoms with Crippen LogP contribution in [0.3, 0.4) is 0 Å². The Morgan fingerprint density at radius 1 is 0.600 bits per heavy atom. The van der Waals surface area contributed by atoms with E-state index in [4.69, 9.17) is 9.05 Å². The van der Waals surface area contributed by atoms with Crippen LogP contribution < -0.4 is 14.4 Å². The van der Waals surface area contributed by atoms with Crippen LogP contribution in [-0.4, -0.2) is 0 Å². The van der Waals surface area contributed by atoms with Gasteiger partial charge in [-0.15, -0.1) is 0 Å². The van der Waals surface area contributed by atoms with E-state index in [1.807, 2.05) is 55.5 Å². The van der Waals surface area contributed by atoms with Crippen molar-refractivity contribution in [2.75, 3.05) is 0 Å². The highest BCUT2D eigenvalue weighted by atomic mass is 31.2. The molecule has 0 fully saturated rings. The second-order valence-electron chi connectivity index (χ2n) is 9.25. The first kappa shape index (κ1) is 27.1. The van der Waals surface area contributed by atoms with E-state index in [2.05, 4.69) is 39.8 Å². The second-order valence-corrected chi connectivity index (χ2v) is 11.1. The Morgan fingerprint density at radius 3 is 1.49 bits per heavy atom. The standard InChI is InChI=1S/C31H41O3P/c1-6-14-25-19-12-21-29(27(25)16-8-3)33-35(32,31-23-11-10-18-24(31)5)34-30-22-13-20-26(15-7-2)28(30)17-9-4/h10-13,18-23H,6-9,14-17H2,1-5H3. The number of benzene rings is 3. The molecule has 0 aliphatic carbocycles. The Hall–Kier alpha value is -2.51. The molecule has 0 atom stereocenters. The summed E-state index contributed by atoms with van der Waals surface area (Å²) in [4.78, 5) is 0. The van der Waals surface area contributed by atoms with Crippen LogP contribution in [0.4, 0.5) is 0 Å². The van der Waals surface area contributed by atoms with Gasteiger partial charge in [0.25, 0.3) is 0 Å². The molecule has 0 spiro atoms. The van der Waals surface area contributed by atoms with Crippen LogP contribution in [-0.2, 0) is 30.2 Å². The smallest absolute Gasteiger partial charge is 0.413 e. The summed E-state index contributed by atoms with van der Waals surface area (Å²) in [5, 5.41) is 0.617. The molecule has 3 nitrogen and oxygen atoms in total. The summed E-state index contributed by atoms with van der Waals surface area (Å²) in [5.41, 5.74) is 5.71. The zero-order valence-electron chi connectivity index (χ0n) is 22.1. The summed E-state index contributed by atoms with van der Waals surface area (Å²) < 4.78 is 27.8. The van der Waals surface area contributed by atoms with Gasteiger partial charge >= 0.3 is 7.60 Å². The van der Waals surface area contributed by atoms with Crippen molar-refractivity contribution in [3.8, 4) is 11.5 Å². The Morgan fingerprint density at radius 2 is 1.06 bits per heavy atom. The maximum Gasteiger partial charge on any atom is 0.463 e. The van der Waals surface area contributed by atoms with E-state index in [9.17, 15) is 4.57 Å². The lowest BCUT2D eigenvalue weighted by atomic mass is 9.99. The van der Waals surface area contributed by atoms with Crippen molar-refractivity contribution in [1.29, 1.82) is 0 Å². The first-order valence-corrected chi connectivity index (χ1v) is 14.8. The zero-order valence-corrected chi connectivity index (χ0v) is 23.0. The molecular formula is C31H41O3P. The number of hydrogen-bond acceptors (Lipinski definition) is 3. The highest BCUT2D eigenvalue weighted by Gasteiger charge is 2.34. The van der Waals surface area contributed by atoms with Crippen LogP contribution in [0.15, 0.2) is 60.7 Å². The highest BCUT2D eigenvalue weighted by Crippen LogP contribution is 2.50. The average Bonchev–Trinajstić information content (AvgIpc) is 2.84. The Balaban J connectivity index is 2.15. The van der Waals surface area contributed by atoms with Gasteiger partial charge < -0.3 is 9.05 Å². The fourth-order valence-corrected chi connectivity index (χ4v) is 6.58. The molecule has 0 N–H and O–H groups in total. The zero-order chi connectivity index (χ0) is 25.3. The lowest BCUT2D eigenvalue weighted by molar-refractivity contribution is 0.394. The fourth-order valence-electron chi connectivity index (χ4n) is 4.71. The average molecular weight is 493 g/mol. The fraction of sp³-hybridized carbons (Fsp3) is 0.419. The third-order valence-corrected chi connectivity index (χ3v) is 8.31. The minimum absolute atomic E-state index is 0.617. The first-order chi connectivity index (χ1) is 17.0. The lowest BCUT2D eigenvalue weighted by Gasteiger charge is -2.25. The van der Waals surface area contributed by atoms with Crippen molar-refractivity contribution in [1.82, 2.24) is 0 Å². The van der Waals surface area contributed by atoms with E-state index in [0.717, 1.165) is 68.1 Å². The van der Waals surface area contributed by atoms with Crippen LogP contribution in [0.2, 0.25) is 0 Å². The van der Waals surface area contributed by atoms with Gasteiger partial charge in [0.2, 0.25) is 0 Å². The van der Waals surface area contributed by atoms with Crippen molar-refractivity contribution >= 4 is 12.9 Å². The SMILES string of the molecule is CCCc1cccc(OP(=O)(Oc2cccc(CCC)c2CCC)c2ccccc2C)c1CCC. The third kappa shape index (κ3) is 6.58. The molecule has 0 aliphatic heterocycles. The quantitative estimate of drug-likeness (QED) is 0.224. The number of aryl methyl sites for hydroxylation is 3. The number of rotatable bonds is 13. The van der Waals surface area contributed by atoms with Gasteiger partial charge in [-0.05, 0) is 78.6 Å². The second kappa shape index (κ2) is 13.0. The van der Waals surface area contributed by atoms with Gasteiger partial charge in [-0.2, -0.15) is 0 Å². The molecule has 0 aliphatic rings. The summed E-state index contributed by atoms with van der Waals surface area (Å²) >= 11 is 0. The molecule has 188 valence electrons. The Bertz CT molecular complexity index is 1090. The van der Waals surface area contributed by atoms with E-state index in [1.54, 1.807) is 0 Å². The molecule has 0 aromatic heterocycles. The van der Waals surface area contributed by atoms with Crippen LogP contribution in [0.25, 0.3) is 0 Å². The molecule has 0 heterocycles. The summed E-state index contributed by atoms with van der Waals surface area (Å²) in [7, 11) is -3.73. The maximum absolute atomic E-state index is 14.8. The topological polar surface area (TPSA) is 35.5 Å². The molecule has 0 radical (unpaired) electrons. The van der Waals surface area contributed by atoms with E-state index in [0.29, 0.717) is 16.8 Å². The van der Waals surface area contributed by atoms with Crippen molar-refractivity contribution in [2.24, 2.45) is 0 Å². The van der Waals surface area contributed by atoms with Crippen LogP contribution in [0.5, 0.6) is 11.5 Å². The molecule has 4 heteroatoms. The van der Waals surface area contributed by atoms with Gasteiger partial charge in [-0.1, -0.05) is 95.8 Å². The van der Waals surface area contributed by atoms with Crippen molar-refractivity contribution in [3.63, 3.8) is 0 Å². The predicted octanol–water partition coefficient (Wildman–Crippen LogP) is 8.78. The molecule has 3 aromatic rings. The van der Waals surface area contributed by atoms with Gasteiger partial charge in [0, 0.05) is 0 Å². The van der Waals surface area contributed by atoms with E-state index in [1.165, 1.54) is 11.1 Å². The molecular weight excluding hydrogens is 451 g/mol. The lowest BCUT2D eigenvalue weighted by Crippen LogP contribution is -2.18. The van der Waals surface area contributed by atoms with Crippen molar-refractivity contribution in [3.05, 3.63) is 88.5 Å². The van der Waals surface area contributed by atoms with E-state index >= 15 is 0 Å². The summed E-state index contributed by atoms with van der Waals surface area (Å²) in [6.45, 7) is 10.7. The summed E-state index contributed by atoms with van der Waals surface area (Å²) in [6.07, 6.45) is 7.80. The highest BCUT2D eigenvalue weighted by molar-refractivity contribution is 7.63. The Labute approximate surface area is 212 Å². The van der Waals surface area contributed by atoms with E-state index in [-0.39, 0.29) is 0 Å². The minimum Gasteiger partial charge on any atom is -0.413 e. The molecule has 0 unspecified atom stereocenters. The van der Waals surface area contributed by atoms with Crippen LogP contribution in [0, 0.1) is 6.92 Å². The molecule has 35 heavy (non-hydrogen) atoms. The van der Waals surface area contributed by atoms with Gasteiger partial charge in [0.05, 0.1) is 5.30 Å². The van der Waals surface area contributed by atoms with Gasteiger partial charge in [0.15, 0.2) is 0 Å². The molecule has 0 saturated carbocycles. The molecule has 0 saturated heterocycles. The van der Waals surface area contributed by atoms with Crippen LogP contribution in [0.1, 0.15) is 81.2 Å². The van der Waals surface area contributed by atoms with Crippen molar-refractivity contribution < 1.29 is 13.6 Å². The molecule has 0 amide bonds. The third-order valence-electron chi connectivity index (χ3n) is 6.35. The summed E-state index contributed by atoms with van der Waals surface area (Å²) in [5.74, 6) is 1.34. The maximum atomic E-state index is 14.8. The van der Waals surface area contributed by atoms with Gasteiger partial charge in [-0.25, -0.2) is 4.57 Å². The van der Waals surface area contributed by atoms with E-state index < -0.39 is 7.60 Å². The summed E-state index contributed by atoms with van der Waals surface area (Å²) in [6, 6.07) is 19.9. The number of hydrogen-bond donors (Lipinski definition) is 0. The monoisotopic (exact) mass is 492 g/mol. The first-order valence-electron chi connectivity index (χ1n) is 13.2. The molecule has 3 aromatic carbocycles.